The second-order valence-corrected chi connectivity index (χ2v) is 10.9. The fraction of sp³-hybridized carbons (Fsp3) is 0.581. The van der Waals surface area contributed by atoms with Crippen molar-refractivity contribution in [3.8, 4) is 0 Å². The summed E-state index contributed by atoms with van der Waals surface area (Å²) >= 11 is 0. The first kappa shape index (κ1) is 23.3. The van der Waals surface area contributed by atoms with Crippen molar-refractivity contribution in [1.29, 1.82) is 0 Å². The first-order valence-corrected chi connectivity index (χ1v) is 13.1. The SMILES string of the molecule is Cc1cccc(C)c1[C@@H](CC(=O)C[C@H](c1c(C)cccc1C)C1CCCC1)C1CCCC1. The predicted molar refractivity (Wildman–Crippen MR) is 135 cm³/mol. The molecule has 0 heterocycles. The third-order valence-corrected chi connectivity index (χ3v) is 8.66. The fourth-order valence-electron chi connectivity index (χ4n) is 7.13. The van der Waals surface area contributed by atoms with E-state index in [1.54, 1.807) is 0 Å². The van der Waals surface area contributed by atoms with E-state index < -0.39 is 0 Å². The topological polar surface area (TPSA) is 17.1 Å². The molecule has 0 aromatic heterocycles. The van der Waals surface area contributed by atoms with Crippen LogP contribution in [0.25, 0.3) is 0 Å². The van der Waals surface area contributed by atoms with Crippen LogP contribution in [0.1, 0.15) is 109 Å². The lowest BCUT2D eigenvalue weighted by atomic mass is 9.74. The lowest BCUT2D eigenvalue weighted by molar-refractivity contribution is -0.120. The van der Waals surface area contributed by atoms with E-state index in [1.165, 1.54) is 84.7 Å². The molecule has 0 amide bonds. The van der Waals surface area contributed by atoms with Crippen molar-refractivity contribution in [1.82, 2.24) is 0 Å². The Kier molecular flexibility index (Phi) is 7.54. The Morgan fingerprint density at radius 3 is 1.28 bits per heavy atom. The van der Waals surface area contributed by atoms with E-state index >= 15 is 0 Å². The van der Waals surface area contributed by atoms with E-state index in [1.807, 2.05) is 0 Å². The number of ketones is 1. The van der Waals surface area contributed by atoms with Gasteiger partial charge in [0, 0.05) is 12.8 Å². The molecule has 0 aliphatic heterocycles. The van der Waals surface area contributed by atoms with E-state index in [0.29, 0.717) is 29.5 Å². The van der Waals surface area contributed by atoms with Gasteiger partial charge in [-0.15, -0.1) is 0 Å². The molecule has 1 nitrogen and oxygen atoms in total. The highest BCUT2D eigenvalue weighted by Gasteiger charge is 2.34. The van der Waals surface area contributed by atoms with E-state index in [9.17, 15) is 4.79 Å². The summed E-state index contributed by atoms with van der Waals surface area (Å²) in [6.07, 6.45) is 11.9. The average Bonchev–Trinajstić information content (AvgIpc) is 3.46. The third-order valence-electron chi connectivity index (χ3n) is 8.66. The highest BCUT2D eigenvalue weighted by Crippen LogP contribution is 2.45. The second-order valence-electron chi connectivity index (χ2n) is 10.9. The maximum atomic E-state index is 13.8. The van der Waals surface area contributed by atoms with Crippen LogP contribution in [0.2, 0.25) is 0 Å². The Bertz CT molecular complexity index is 811. The Hall–Kier alpha value is -1.89. The Morgan fingerprint density at radius 1 is 0.656 bits per heavy atom. The van der Waals surface area contributed by atoms with Crippen molar-refractivity contribution in [3.05, 3.63) is 69.8 Å². The van der Waals surface area contributed by atoms with Crippen LogP contribution in [0.3, 0.4) is 0 Å². The number of carbonyl (C=O) groups is 1. The minimum absolute atomic E-state index is 0.397. The molecule has 0 spiro atoms. The predicted octanol–water partition coefficient (Wildman–Crippen LogP) is 8.52. The molecule has 0 bridgehead atoms. The van der Waals surface area contributed by atoms with Crippen LogP contribution < -0.4 is 0 Å². The van der Waals surface area contributed by atoms with Gasteiger partial charge in [-0.2, -0.15) is 0 Å². The molecule has 2 saturated carbocycles. The third kappa shape index (κ3) is 5.03. The summed E-state index contributed by atoms with van der Waals surface area (Å²) in [5, 5.41) is 0. The van der Waals surface area contributed by atoms with Crippen LogP contribution in [-0.4, -0.2) is 5.78 Å². The highest BCUT2D eigenvalue weighted by atomic mass is 16.1. The zero-order valence-electron chi connectivity index (χ0n) is 20.8. The van der Waals surface area contributed by atoms with Gasteiger partial charge in [0.25, 0.3) is 0 Å². The molecule has 0 radical (unpaired) electrons. The molecular formula is C31H42O. The molecule has 2 atom stereocenters. The number of aryl methyl sites for hydroxylation is 4. The van der Waals surface area contributed by atoms with Gasteiger partial charge in [0.05, 0.1) is 0 Å². The zero-order chi connectivity index (χ0) is 22.7. The maximum Gasteiger partial charge on any atom is 0.134 e. The van der Waals surface area contributed by atoms with Crippen molar-refractivity contribution in [2.75, 3.05) is 0 Å². The van der Waals surface area contributed by atoms with Gasteiger partial charge in [-0.1, -0.05) is 62.1 Å². The summed E-state index contributed by atoms with van der Waals surface area (Å²) in [5.41, 5.74) is 8.43. The van der Waals surface area contributed by atoms with E-state index in [-0.39, 0.29) is 0 Å². The minimum Gasteiger partial charge on any atom is -0.300 e. The van der Waals surface area contributed by atoms with Crippen molar-refractivity contribution < 1.29 is 4.79 Å². The first-order valence-electron chi connectivity index (χ1n) is 13.1. The van der Waals surface area contributed by atoms with Gasteiger partial charge < -0.3 is 0 Å². The zero-order valence-corrected chi connectivity index (χ0v) is 20.8. The molecule has 2 aliphatic rings. The largest absolute Gasteiger partial charge is 0.300 e. The van der Waals surface area contributed by atoms with Crippen LogP contribution in [0, 0.1) is 39.5 Å². The number of benzene rings is 2. The van der Waals surface area contributed by atoms with Crippen LogP contribution in [0.4, 0.5) is 0 Å². The number of Topliss-reactive ketones (excluding diaryl/α,β-unsaturated/α-hetero) is 1. The molecule has 2 aromatic carbocycles. The van der Waals surface area contributed by atoms with Crippen molar-refractivity contribution in [3.63, 3.8) is 0 Å². The Balaban J connectivity index is 1.60. The molecule has 0 unspecified atom stereocenters. The number of hydrogen-bond donors (Lipinski definition) is 0. The fourth-order valence-corrected chi connectivity index (χ4v) is 7.13. The van der Waals surface area contributed by atoms with Crippen LogP contribution in [-0.2, 0) is 4.79 Å². The van der Waals surface area contributed by atoms with Crippen LogP contribution in [0.15, 0.2) is 36.4 Å². The number of carbonyl (C=O) groups excluding carboxylic acids is 1. The second kappa shape index (κ2) is 10.4. The maximum absolute atomic E-state index is 13.8. The summed E-state index contributed by atoms with van der Waals surface area (Å²) < 4.78 is 0. The monoisotopic (exact) mass is 430 g/mol. The summed E-state index contributed by atoms with van der Waals surface area (Å²) in [6.45, 7) is 8.97. The van der Waals surface area contributed by atoms with Crippen LogP contribution in [0.5, 0.6) is 0 Å². The molecule has 2 aromatic rings. The van der Waals surface area contributed by atoms with E-state index in [0.717, 1.165) is 12.8 Å². The van der Waals surface area contributed by atoms with Crippen molar-refractivity contribution >= 4 is 5.78 Å². The smallest absolute Gasteiger partial charge is 0.134 e. The first-order chi connectivity index (χ1) is 15.5. The molecular weight excluding hydrogens is 388 g/mol. The van der Waals surface area contributed by atoms with Gasteiger partial charge in [-0.05, 0) is 110 Å². The highest BCUT2D eigenvalue weighted by molar-refractivity contribution is 5.80. The van der Waals surface area contributed by atoms with Gasteiger partial charge >= 0.3 is 0 Å². The lowest BCUT2D eigenvalue weighted by Crippen LogP contribution is -2.21. The van der Waals surface area contributed by atoms with Crippen molar-refractivity contribution in [2.24, 2.45) is 11.8 Å². The van der Waals surface area contributed by atoms with E-state index in [2.05, 4.69) is 64.1 Å². The molecule has 4 rings (SSSR count). The molecule has 172 valence electrons. The Labute approximate surface area is 196 Å². The molecule has 0 N–H and O–H groups in total. The number of hydrogen-bond acceptors (Lipinski definition) is 1. The summed E-state index contributed by atoms with van der Waals surface area (Å²) in [7, 11) is 0. The van der Waals surface area contributed by atoms with Gasteiger partial charge in [0.2, 0.25) is 0 Å². The van der Waals surface area contributed by atoms with Crippen molar-refractivity contribution in [2.45, 2.75) is 104 Å². The van der Waals surface area contributed by atoms with Gasteiger partial charge in [0.15, 0.2) is 0 Å². The molecule has 2 fully saturated rings. The molecule has 32 heavy (non-hydrogen) atoms. The summed E-state index contributed by atoms with van der Waals surface area (Å²) in [4.78, 5) is 13.8. The standard InChI is InChI=1S/C31H42O/c1-21-11-9-12-22(2)30(21)28(25-15-5-6-16-25)19-27(32)20-29(26-17-7-8-18-26)31-23(3)13-10-14-24(31)4/h9-14,25-26,28-29H,5-8,15-20H2,1-4H3/t28-,29-/m0/s1. The van der Waals surface area contributed by atoms with Gasteiger partial charge in [-0.25, -0.2) is 0 Å². The summed E-state index contributed by atoms with van der Waals surface area (Å²) in [5.74, 6) is 2.62. The van der Waals surface area contributed by atoms with Crippen LogP contribution >= 0.6 is 0 Å². The average molecular weight is 431 g/mol. The molecule has 1 heteroatoms. The Morgan fingerprint density at radius 2 is 0.969 bits per heavy atom. The number of rotatable bonds is 8. The molecule has 2 aliphatic carbocycles. The quantitative estimate of drug-likeness (QED) is 0.410. The minimum atomic E-state index is 0.397. The normalized spacial score (nSPS) is 19.4. The lowest BCUT2D eigenvalue weighted by Gasteiger charge is -2.30. The van der Waals surface area contributed by atoms with E-state index in [4.69, 9.17) is 0 Å². The van der Waals surface area contributed by atoms with Gasteiger partial charge in [0.1, 0.15) is 5.78 Å². The molecule has 0 saturated heterocycles. The van der Waals surface area contributed by atoms with Gasteiger partial charge in [-0.3, -0.25) is 4.79 Å². The summed E-state index contributed by atoms with van der Waals surface area (Å²) in [6, 6.07) is 13.3.